The van der Waals surface area contributed by atoms with E-state index < -0.39 is 17.5 Å². The highest BCUT2D eigenvalue weighted by molar-refractivity contribution is 7.80. The Morgan fingerprint density at radius 1 is 1.15 bits per heavy atom. The van der Waals surface area contributed by atoms with Gasteiger partial charge in [0.05, 0.1) is 22.9 Å². The Bertz CT molecular complexity index is 726. The number of rotatable bonds is 2. The molecule has 0 aliphatic carbocycles. The third kappa shape index (κ3) is 2.95. The van der Waals surface area contributed by atoms with E-state index in [9.17, 15) is 13.6 Å². The summed E-state index contributed by atoms with van der Waals surface area (Å²) in [5.41, 5.74) is -0.233. The summed E-state index contributed by atoms with van der Waals surface area (Å²) in [6.45, 7) is 0. The molecule has 0 unspecified atom stereocenters. The fourth-order valence-electron chi connectivity index (χ4n) is 1.56. The maximum absolute atomic E-state index is 13.6. The van der Waals surface area contributed by atoms with Gasteiger partial charge in [-0.25, -0.2) is 8.78 Å². The van der Waals surface area contributed by atoms with E-state index in [4.69, 9.17) is 5.26 Å². The zero-order chi connectivity index (χ0) is 14.7. The average molecular weight is 290 g/mol. The van der Waals surface area contributed by atoms with Crippen molar-refractivity contribution in [2.24, 2.45) is 0 Å². The van der Waals surface area contributed by atoms with Crippen molar-refractivity contribution in [2.45, 2.75) is 4.90 Å². The number of nitrogens with one attached hydrogen (secondary N) is 1. The molecule has 0 heterocycles. The van der Waals surface area contributed by atoms with Crippen molar-refractivity contribution in [1.82, 2.24) is 0 Å². The van der Waals surface area contributed by atoms with Crippen molar-refractivity contribution in [2.75, 3.05) is 5.32 Å². The van der Waals surface area contributed by atoms with Gasteiger partial charge in [-0.2, -0.15) is 5.26 Å². The maximum atomic E-state index is 13.6. The number of hydrogen-bond donors (Lipinski definition) is 2. The quantitative estimate of drug-likeness (QED) is 0.833. The Morgan fingerprint density at radius 3 is 2.55 bits per heavy atom. The van der Waals surface area contributed by atoms with Crippen LogP contribution < -0.4 is 5.32 Å². The number of benzene rings is 2. The van der Waals surface area contributed by atoms with Crippen LogP contribution in [-0.2, 0) is 0 Å². The van der Waals surface area contributed by atoms with Crippen molar-refractivity contribution in [3.05, 3.63) is 59.2 Å². The van der Waals surface area contributed by atoms with Crippen LogP contribution in [-0.4, -0.2) is 5.91 Å². The number of carbonyl (C=O) groups excluding carboxylic acids is 1. The Balaban J connectivity index is 2.28. The highest BCUT2D eigenvalue weighted by Gasteiger charge is 2.14. The molecule has 0 fully saturated rings. The van der Waals surface area contributed by atoms with Crippen molar-refractivity contribution in [3.8, 4) is 6.07 Å². The predicted molar refractivity (Wildman–Crippen MR) is 72.7 cm³/mol. The van der Waals surface area contributed by atoms with Crippen molar-refractivity contribution >= 4 is 24.2 Å². The first kappa shape index (κ1) is 14.0. The molecule has 2 rings (SSSR count). The summed E-state index contributed by atoms with van der Waals surface area (Å²) in [7, 11) is 0. The summed E-state index contributed by atoms with van der Waals surface area (Å²) in [5.74, 6) is -2.28. The normalized spacial score (nSPS) is 9.90. The monoisotopic (exact) mass is 290 g/mol. The third-order valence-electron chi connectivity index (χ3n) is 2.54. The lowest BCUT2D eigenvalue weighted by molar-refractivity contribution is 0.102. The lowest BCUT2D eigenvalue weighted by atomic mass is 10.1. The molecule has 0 aromatic heterocycles. The van der Waals surface area contributed by atoms with E-state index in [-0.39, 0.29) is 16.8 Å². The van der Waals surface area contributed by atoms with Gasteiger partial charge in [0, 0.05) is 4.90 Å². The average Bonchev–Trinajstić information content (AvgIpc) is 2.43. The summed E-state index contributed by atoms with van der Waals surface area (Å²) in [5, 5.41) is 10.9. The molecule has 20 heavy (non-hydrogen) atoms. The molecule has 0 radical (unpaired) electrons. The minimum atomic E-state index is -0.790. The van der Waals surface area contributed by atoms with Gasteiger partial charge in [0.1, 0.15) is 11.6 Å². The molecule has 0 atom stereocenters. The number of anilines is 1. The second-order valence-electron chi connectivity index (χ2n) is 3.92. The summed E-state index contributed by atoms with van der Waals surface area (Å²) < 4.78 is 27.1. The van der Waals surface area contributed by atoms with Crippen LogP contribution in [0.5, 0.6) is 0 Å². The van der Waals surface area contributed by atoms with Crippen LogP contribution in [0.1, 0.15) is 15.9 Å². The molecule has 0 bridgehead atoms. The first-order valence-corrected chi connectivity index (χ1v) is 5.95. The lowest BCUT2D eigenvalue weighted by Gasteiger charge is -2.08. The topological polar surface area (TPSA) is 52.9 Å². The van der Waals surface area contributed by atoms with E-state index in [1.54, 1.807) is 6.07 Å². The molecule has 1 N–H and O–H groups in total. The maximum Gasteiger partial charge on any atom is 0.258 e. The van der Waals surface area contributed by atoms with Crippen molar-refractivity contribution in [3.63, 3.8) is 0 Å². The van der Waals surface area contributed by atoms with E-state index in [1.165, 1.54) is 24.3 Å². The second kappa shape index (κ2) is 5.72. The van der Waals surface area contributed by atoms with Crippen LogP contribution in [0.2, 0.25) is 0 Å². The van der Waals surface area contributed by atoms with Gasteiger partial charge in [-0.1, -0.05) is 0 Å². The molecule has 0 spiro atoms. The molecular weight excluding hydrogens is 282 g/mol. The van der Waals surface area contributed by atoms with Crippen molar-refractivity contribution < 1.29 is 13.6 Å². The van der Waals surface area contributed by atoms with E-state index in [0.29, 0.717) is 4.90 Å². The summed E-state index contributed by atoms with van der Waals surface area (Å²) in [4.78, 5) is 12.3. The van der Waals surface area contributed by atoms with Gasteiger partial charge in [0.15, 0.2) is 0 Å². The van der Waals surface area contributed by atoms with E-state index in [0.717, 1.165) is 12.1 Å². The van der Waals surface area contributed by atoms with Gasteiger partial charge >= 0.3 is 0 Å². The van der Waals surface area contributed by atoms with Crippen LogP contribution in [0, 0.1) is 23.0 Å². The first-order chi connectivity index (χ1) is 9.51. The Labute approximate surface area is 119 Å². The number of amides is 1. The molecular formula is C14H8F2N2OS. The summed E-state index contributed by atoms with van der Waals surface area (Å²) in [6, 6.07) is 9.11. The van der Waals surface area contributed by atoms with Crippen LogP contribution in [0.3, 0.4) is 0 Å². The predicted octanol–water partition coefficient (Wildman–Crippen LogP) is 3.38. The molecule has 0 saturated heterocycles. The van der Waals surface area contributed by atoms with E-state index in [2.05, 4.69) is 17.9 Å². The molecule has 1 amide bonds. The Kier molecular flexibility index (Phi) is 4.01. The first-order valence-electron chi connectivity index (χ1n) is 5.51. The largest absolute Gasteiger partial charge is 0.319 e. The molecule has 0 aliphatic heterocycles. The van der Waals surface area contributed by atoms with Gasteiger partial charge in [0.25, 0.3) is 5.91 Å². The van der Waals surface area contributed by atoms with Gasteiger partial charge in [-0.05, 0) is 36.4 Å². The third-order valence-corrected chi connectivity index (χ3v) is 2.82. The molecule has 2 aromatic carbocycles. The molecule has 2 aromatic rings. The van der Waals surface area contributed by atoms with Gasteiger partial charge in [-0.15, -0.1) is 12.6 Å². The molecule has 0 aliphatic rings. The fourth-order valence-corrected chi connectivity index (χ4v) is 1.77. The van der Waals surface area contributed by atoms with E-state index in [1.807, 2.05) is 0 Å². The highest BCUT2D eigenvalue weighted by atomic mass is 32.1. The van der Waals surface area contributed by atoms with Crippen LogP contribution in [0.15, 0.2) is 41.3 Å². The molecule has 100 valence electrons. The van der Waals surface area contributed by atoms with Gasteiger partial charge < -0.3 is 5.32 Å². The summed E-state index contributed by atoms with van der Waals surface area (Å²) in [6.07, 6.45) is 0. The van der Waals surface area contributed by atoms with Crippen LogP contribution in [0.4, 0.5) is 14.5 Å². The Hall–Kier alpha value is -2.39. The number of halogens is 2. The second-order valence-corrected chi connectivity index (χ2v) is 4.44. The van der Waals surface area contributed by atoms with Crippen LogP contribution >= 0.6 is 12.6 Å². The molecule has 3 nitrogen and oxygen atoms in total. The number of hydrogen-bond acceptors (Lipinski definition) is 3. The SMILES string of the molecule is N#Cc1ccc(NC(=O)c2cc(S)ccc2F)c(F)c1. The van der Waals surface area contributed by atoms with Crippen LogP contribution in [0.25, 0.3) is 0 Å². The smallest absolute Gasteiger partial charge is 0.258 e. The van der Waals surface area contributed by atoms with Gasteiger partial charge in [0.2, 0.25) is 0 Å². The summed E-state index contributed by atoms with van der Waals surface area (Å²) >= 11 is 4.01. The van der Waals surface area contributed by atoms with Crippen molar-refractivity contribution in [1.29, 1.82) is 5.26 Å². The number of carbonyl (C=O) groups is 1. The molecule has 6 heteroatoms. The van der Waals surface area contributed by atoms with Gasteiger partial charge in [-0.3, -0.25) is 4.79 Å². The zero-order valence-electron chi connectivity index (χ0n) is 10.0. The molecule has 0 saturated carbocycles. The lowest BCUT2D eigenvalue weighted by Crippen LogP contribution is -2.14. The standard InChI is InChI=1S/C14H8F2N2OS/c15-11-3-2-9(20)6-10(11)14(19)18-13-4-1-8(7-17)5-12(13)16/h1-6,20H,(H,18,19). The Morgan fingerprint density at radius 2 is 1.90 bits per heavy atom. The number of nitriles is 1. The number of thiol groups is 1. The zero-order valence-corrected chi connectivity index (χ0v) is 10.9. The number of nitrogens with zero attached hydrogens (tertiary/aromatic N) is 1. The van der Waals surface area contributed by atoms with E-state index >= 15 is 0 Å². The highest BCUT2D eigenvalue weighted by Crippen LogP contribution is 2.19. The fraction of sp³-hybridized carbons (Fsp3) is 0. The minimum Gasteiger partial charge on any atom is -0.319 e. The minimum absolute atomic E-state index is 0.127.